The van der Waals surface area contributed by atoms with Gasteiger partial charge in [0.1, 0.15) is 12.2 Å². The molecule has 0 aliphatic heterocycles. The van der Waals surface area contributed by atoms with Crippen molar-refractivity contribution in [1.82, 2.24) is 9.97 Å². The first-order valence-corrected chi connectivity index (χ1v) is 6.34. The molecule has 2 N–H and O–H groups in total. The van der Waals surface area contributed by atoms with E-state index in [1.165, 1.54) is 4.88 Å². The molecule has 0 amide bonds. The number of fused-ring (bicyclic) bond motifs is 1. The third-order valence-corrected chi connectivity index (χ3v) is 3.57. The van der Waals surface area contributed by atoms with Crippen LogP contribution in [0.2, 0.25) is 0 Å². The molecule has 2 aromatic heterocycles. The molecule has 0 bridgehead atoms. The average molecular weight is 258 g/mol. The zero-order chi connectivity index (χ0) is 12.5. The van der Waals surface area contributed by atoms with Gasteiger partial charge in [-0.25, -0.2) is 4.98 Å². The van der Waals surface area contributed by atoms with Gasteiger partial charge in [0.2, 0.25) is 0 Å². The summed E-state index contributed by atoms with van der Waals surface area (Å²) in [6.07, 6.45) is -0.0803. The number of benzene rings is 1. The highest BCUT2D eigenvalue weighted by molar-refractivity contribution is 7.13. The first kappa shape index (κ1) is 11.0. The van der Waals surface area contributed by atoms with Crippen LogP contribution in [0.1, 0.15) is 5.82 Å². The molecule has 0 aliphatic carbocycles. The smallest absolute Gasteiger partial charge is 0.311 e. The summed E-state index contributed by atoms with van der Waals surface area (Å²) < 4.78 is 0. The molecule has 0 radical (unpaired) electrons. The minimum atomic E-state index is -0.882. The van der Waals surface area contributed by atoms with Gasteiger partial charge in [-0.05, 0) is 29.1 Å². The van der Waals surface area contributed by atoms with Crippen LogP contribution in [0.4, 0.5) is 0 Å². The lowest BCUT2D eigenvalue weighted by molar-refractivity contribution is -0.136. The molecule has 0 fully saturated rings. The molecule has 0 atom stereocenters. The van der Waals surface area contributed by atoms with E-state index < -0.39 is 5.97 Å². The van der Waals surface area contributed by atoms with E-state index in [4.69, 9.17) is 5.11 Å². The molecule has 0 saturated heterocycles. The van der Waals surface area contributed by atoms with Crippen molar-refractivity contribution in [1.29, 1.82) is 0 Å². The van der Waals surface area contributed by atoms with Crippen molar-refractivity contribution in [3.63, 3.8) is 0 Å². The predicted octanol–water partition coefficient (Wildman–Crippen LogP) is 2.92. The van der Waals surface area contributed by atoms with Gasteiger partial charge in [-0.15, -0.1) is 11.3 Å². The number of hydrogen-bond acceptors (Lipinski definition) is 3. The molecule has 0 aliphatic rings. The number of H-pyrrole nitrogens is 1. The fourth-order valence-corrected chi connectivity index (χ4v) is 2.61. The summed E-state index contributed by atoms with van der Waals surface area (Å²) in [4.78, 5) is 19.1. The van der Waals surface area contributed by atoms with Crippen molar-refractivity contribution in [3.05, 3.63) is 41.5 Å². The van der Waals surface area contributed by atoms with E-state index in [1.807, 2.05) is 29.6 Å². The topological polar surface area (TPSA) is 66.0 Å². The van der Waals surface area contributed by atoms with Crippen LogP contribution in [-0.4, -0.2) is 21.0 Å². The second-order valence-corrected chi connectivity index (χ2v) is 4.91. The molecule has 18 heavy (non-hydrogen) atoms. The molecular formula is C13H10N2O2S. The summed E-state index contributed by atoms with van der Waals surface area (Å²) in [6.45, 7) is 0. The average Bonchev–Trinajstić information content (AvgIpc) is 2.94. The van der Waals surface area contributed by atoms with Crippen molar-refractivity contribution >= 4 is 28.3 Å². The minimum Gasteiger partial charge on any atom is -0.481 e. The van der Waals surface area contributed by atoms with E-state index in [9.17, 15) is 4.79 Å². The fourth-order valence-electron chi connectivity index (χ4n) is 1.89. The van der Waals surface area contributed by atoms with E-state index >= 15 is 0 Å². The molecule has 90 valence electrons. The van der Waals surface area contributed by atoms with Crippen LogP contribution in [0.3, 0.4) is 0 Å². The van der Waals surface area contributed by atoms with E-state index in [2.05, 4.69) is 16.0 Å². The predicted molar refractivity (Wildman–Crippen MR) is 70.7 cm³/mol. The Balaban J connectivity index is 2.04. The highest BCUT2D eigenvalue weighted by Crippen LogP contribution is 2.27. The van der Waals surface area contributed by atoms with E-state index in [0.29, 0.717) is 5.82 Å². The number of imidazole rings is 1. The molecule has 2 heterocycles. The van der Waals surface area contributed by atoms with Crippen molar-refractivity contribution in [2.24, 2.45) is 0 Å². The standard InChI is InChI=1S/C13H10N2O2S/c16-13(17)7-12-14-9-4-3-8(6-10(9)15-12)11-2-1-5-18-11/h1-6H,7H2,(H,14,15)(H,16,17). The van der Waals surface area contributed by atoms with Gasteiger partial charge in [0, 0.05) is 4.88 Å². The lowest BCUT2D eigenvalue weighted by atomic mass is 10.2. The first-order chi connectivity index (χ1) is 8.72. The van der Waals surface area contributed by atoms with Crippen molar-refractivity contribution < 1.29 is 9.90 Å². The van der Waals surface area contributed by atoms with Gasteiger partial charge in [-0.2, -0.15) is 0 Å². The van der Waals surface area contributed by atoms with Crippen LogP contribution in [0.5, 0.6) is 0 Å². The zero-order valence-electron chi connectivity index (χ0n) is 9.38. The number of aliphatic carboxylic acids is 1. The summed E-state index contributed by atoms with van der Waals surface area (Å²) in [5.74, 6) is -0.395. The van der Waals surface area contributed by atoms with Crippen LogP contribution in [0.15, 0.2) is 35.7 Å². The Hall–Kier alpha value is -2.14. The van der Waals surface area contributed by atoms with Gasteiger partial charge in [0.15, 0.2) is 0 Å². The Labute approximate surface area is 107 Å². The Morgan fingerprint density at radius 2 is 2.28 bits per heavy atom. The number of nitrogens with zero attached hydrogens (tertiary/aromatic N) is 1. The number of thiophene rings is 1. The summed E-state index contributed by atoms with van der Waals surface area (Å²) >= 11 is 1.67. The van der Waals surface area contributed by atoms with Crippen molar-refractivity contribution in [3.8, 4) is 10.4 Å². The number of carboxylic acid groups (broad SMARTS) is 1. The number of aromatic amines is 1. The van der Waals surface area contributed by atoms with Gasteiger partial charge in [-0.3, -0.25) is 4.79 Å². The third kappa shape index (κ3) is 2.00. The molecule has 5 heteroatoms. The van der Waals surface area contributed by atoms with Gasteiger partial charge in [-0.1, -0.05) is 12.1 Å². The van der Waals surface area contributed by atoms with Crippen LogP contribution in [0.25, 0.3) is 21.5 Å². The van der Waals surface area contributed by atoms with Gasteiger partial charge < -0.3 is 10.1 Å². The van der Waals surface area contributed by atoms with Crippen molar-refractivity contribution in [2.45, 2.75) is 6.42 Å². The van der Waals surface area contributed by atoms with Crippen LogP contribution >= 0.6 is 11.3 Å². The number of nitrogens with one attached hydrogen (secondary N) is 1. The first-order valence-electron chi connectivity index (χ1n) is 5.47. The number of carboxylic acids is 1. The molecule has 0 unspecified atom stereocenters. The third-order valence-electron chi connectivity index (χ3n) is 2.66. The molecule has 3 rings (SSSR count). The lowest BCUT2D eigenvalue weighted by Crippen LogP contribution is -2.01. The quantitative estimate of drug-likeness (QED) is 0.759. The maximum absolute atomic E-state index is 10.6. The molecular weight excluding hydrogens is 248 g/mol. The fraction of sp³-hybridized carbons (Fsp3) is 0.0769. The summed E-state index contributed by atoms with van der Waals surface area (Å²) in [5.41, 5.74) is 2.78. The Morgan fingerprint density at radius 1 is 1.39 bits per heavy atom. The van der Waals surface area contributed by atoms with E-state index in [1.54, 1.807) is 11.3 Å². The maximum atomic E-state index is 10.6. The van der Waals surface area contributed by atoms with E-state index in [0.717, 1.165) is 16.6 Å². The summed E-state index contributed by atoms with van der Waals surface area (Å²) in [5, 5.41) is 10.8. The van der Waals surface area contributed by atoms with Gasteiger partial charge in [0.25, 0.3) is 0 Å². The lowest BCUT2D eigenvalue weighted by Gasteiger charge is -1.96. The molecule has 1 aromatic carbocycles. The van der Waals surface area contributed by atoms with Gasteiger partial charge in [0.05, 0.1) is 11.0 Å². The Bertz CT molecular complexity index is 701. The monoisotopic (exact) mass is 258 g/mol. The molecule has 0 saturated carbocycles. The number of aromatic nitrogens is 2. The minimum absolute atomic E-state index is 0.0803. The zero-order valence-corrected chi connectivity index (χ0v) is 10.2. The largest absolute Gasteiger partial charge is 0.481 e. The highest BCUT2D eigenvalue weighted by Gasteiger charge is 2.08. The molecule has 3 aromatic rings. The Morgan fingerprint density at radius 3 is 3.00 bits per heavy atom. The number of rotatable bonds is 3. The second-order valence-electron chi connectivity index (χ2n) is 3.96. The van der Waals surface area contributed by atoms with Crippen molar-refractivity contribution in [2.75, 3.05) is 0 Å². The normalized spacial score (nSPS) is 10.9. The SMILES string of the molecule is O=C(O)Cc1nc2ccc(-c3cccs3)cc2[nH]1. The summed E-state index contributed by atoms with van der Waals surface area (Å²) in [7, 11) is 0. The van der Waals surface area contributed by atoms with Crippen LogP contribution in [-0.2, 0) is 11.2 Å². The van der Waals surface area contributed by atoms with Crippen LogP contribution in [0, 0.1) is 0 Å². The number of hydrogen-bond donors (Lipinski definition) is 2. The maximum Gasteiger partial charge on any atom is 0.311 e. The summed E-state index contributed by atoms with van der Waals surface area (Å²) in [6, 6.07) is 9.97. The Kier molecular flexibility index (Phi) is 2.60. The number of carbonyl (C=O) groups is 1. The molecule has 0 spiro atoms. The van der Waals surface area contributed by atoms with E-state index in [-0.39, 0.29) is 6.42 Å². The van der Waals surface area contributed by atoms with Gasteiger partial charge >= 0.3 is 5.97 Å². The van der Waals surface area contributed by atoms with Crippen LogP contribution < -0.4 is 0 Å². The highest BCUT2D eigenvalue weighted by atomic mass is 32.1. The molecule has 4 nitrogen and oxygen atoms in total. The second kappa shape index (κ2) is 4.27.